The van der Waals surface area contributed by atoms with Crippen LogP contribution in [0.3, 0.4) is 0 Å². The van der Waals surface area contributed by atoms with Gasteiger partial charge in [-0.25, -0.2) is 4.98 Å². The molecule has 0 aliphatic carbocycles. The molecule has 2 heterocycles. The number of amides is 1. The van der Waals surface area contributed by atoms with Crippen LogP contribution in [0.5, 0.6) is 0 Å². The van der Waals surface area contributed by atoms with Crippen molar-refractivity contribution in [1.82, 2.24) is 15.6 Å². The molecule has 1 saturated heterocycles. The Balaban J connectivity index is 0.00000169. The molecule has 10 heteroatoms. The van der Waals surface area contributed by atoms with Crippen molar-refractivity contribution in [2.45, 2.75) is 12.6 Å². The standard InChI is InChI=1S/C16H16F3N3OS.2ClH/c17-16(18,19)12-3-1-2-11(4-12)15-22-13(9-24-15)5-14(23)21-8-10-6-20-7-10;;/h1-4,9-10,20H,5-8H2,(H,21,23);2*1H. The van der Waals surface area contributed by atoms with E-state index in [-0.39, 0.29) is 37.1 Å². The highest BCUT2D eigenvalue weighted by atomic mass is 35.5. The van der Waals surface area contributed by atoms with E-state index in [0.717, 1.165) is 25.2 Å². The molecule has 1 aliphatic heterocycles. The molecule has 0 bridgehead atoms. The maximum absolute atomic E-state index is 12.8. The zero-order chi connectivity index (χ0) is 17.2. The van der Waals surface area contributed by atoms with E-state index in [4.69, 9.17) is 0 Å². The maximum atomic E-state index is 12.8. The van der Waals surface area contributed by atoms with Gasteiger partial charge in [0.15, 0.2) is 0 Å². The summed E-state index contributed by atoms with van der Waals surface area (Å²) in [5.41, 5.74) is 0.266. The molecule has 0 saturated carbocycles. The highest BCUT2D eigenvalue weighted by molar-refractivity contribution is 7.13. The number of nitrogens with zero attached hydrogens (tertiary/aromatic N) is 1. The number of rotatable bonds is 5. The van der Waals surface area contributed by atoms with Crippen molar-refractivity contribution >= 4 is 42.1 Å². The third kappa shape index (κ3) is 5.84. The van der Waals surface area contributed by atoms with Crippen LogP contribution in [0.4, 0.5) is 13.2 Å². The number of carbonyl (C=O) groups excluding carboxylic acids is 1. The fraction of sp³-hybridized carbons (Fsp3) is 0.375. The molecule has 4 nitrogen and oxygen atoms in total. The van der Waals surface area contributed by atoms with Gasteiger partial charge in [0, 0.05) is 36.5 Å². The number of aromatic nitrogens is 1. The summed E-state index contributed by atoms with van der Waals surface area (Å²) in [4.78, 5) is 16.2. The van der Waals surface area contributed by atoms with Crippen LogP contribution >= 0.6 is 36.2 Å². The van der Waals surface area contributed by atoms with Crippen molar-refractivity contribution in [2.75, 3.05) is 19.6 Å². The predicted molar refractivity (Wildman–Crippen MR) is 100 cm³/mol. The molecule has 2 aromatic rings. The average molecular weight is 428 g/mol. The second-order valence-electron chi connectivity index (χ2n) is 5.73. The Morgan fingerprint density at radius 2 is 2.04 bits per heavy atom. The Kier molecular flexibility index (Phi) is 8.33. The van der Waals surface area contributed by atoms with Crippen LogP contribution in [0.25, 0.3) is 10.6 Å². The van der Waals surface area contributed by atoms with E-state index in [1.54, 1.807) is 11.4 Å². The highest BCUT2D eigenvalue weighted by Gasteiger charge is 2.30. The van der Waals surface area contributed by atoms with Gasteiger partial charge in [-0.05, 0) is 12.1 Å². The van der Waals surface area contributed by atoms with Crippen LogP contribution in [-0.4, -0.2) is 30.5 Å². The second-order valence-corrected chi connectivity index (χ2v) is 6.59. The summed E-state index contributed by atoms with van der Waals surface area (Å²) in [7, 11) is 0. The van der Waals surface area contributed by atoms with Gasteiger partial charge in [-0.15, -0.1) is 36.2 Å². The number of alkyl halides is 3. The van der Waals surface area contributed by atoms with E-state index in [1.807, 2.05) is 0 Å². The minimum Gasteiger partial charge on any atom is -0.355 e. The minimum atomic E-state index is -4.38. The fourth-order valence-corrected chi connectivity index (χ4v) is 3.14. The van der Waals surface area contributed by atoms with Crippen LogP contribution in [0.1, 0.15) is 11.3 Å². The van der Waals surface area contributed by atoms with Gasteiger partial charge in [0.05, 0.1) is 17.7 Å². The Bertz CT molecular complexity index is 736. The summed E-state index contributed by atoms with van der Waals surface area (Å²) in [6.45, 7) is 2.46. The van der Waals surface area contributed by atoms with Gasteiger partial charge in [-0.2, -0.15) is 13.2 Å². The smallest absolute Gasteiger partial charge is 0.355 e. The average Bonchev–Trinajstić information content (AvgIpc) is 2.93. The molecule has 144 valence electrons. The van der Waals surface area contributed by atoms with Gasteiger partial charge < -0.3 is 10.6 Å². The molecule has 0 radical (unpaired) electrons. The third-order valence-electron chi connectivity index (χ3n) is 3.78. The minimum absolute atomic E-state index is 0. The normalized spacial score (nSPS) is 14.0. The second kappa shape index (κ2) is 9.55. The molecule has 3 rings (SSSR count). The number of thiazole rings is 1. The molecular formula is C16H18Cl2F3N3OS. The zero-order valence-electron chi connectivity index (χ0n) is 13.5. The van der Waals surface area contributed by atoms with Crippen molar-refractivity contribution in [3.05, 3.63) is 40.9 Å². The van der Waals surface area contributed by atoms with Crippen LogP contribution < -0.4 is 10.6 Å². The molecule has 1 aromatic heterocycles. The van der Waals surface area contributed by atoms with Crippen molar-refractivity contribution in [3.8, 4) is 10.6 Å². The maximum Gasteiger partial charge on any atom is 0.416 e. The van der Waals surface area contributed by atoms with E-state index < -0.39 is 11.7 Å². The summed E-state index contributed by atoms with van der Waals surface area (Å²) in [5, 5.41) is 8.16. The fourth-order valence-electron chi connectivity index (χ4n) is 2.33. The largest absolute Gasteiger partial charge is 0.416 e. The molecule has 1 aromatic carbocycles. The molecular weight excluding hydrogens is 410 g/mol. The van der Waals surface area contributed by atoms with Crippen LogP contribution in [0.2, 0.25) is 0 Å². The van der Waals surface area contributed by atoms with E-state index in [9.17, 15) is 18.0 Å². The number of carbonyl (C=O) groups is 1. The van der Waals surface area contributed by atoms with Gasteiger partial charge in [0.1, 0.15) is 5.01 Å². The molecule has 1 aliphatic rings. The number of hydrogen-bond acceptors (Lipinski definition) is 4. The number of benzene rings is 1. The Labute approximate surface area is 165 Å². The number of hydrogen-bond donors (Lipinski definition) is 2. The quantitative estimate of drug-likeness (QED) is 0.766. The first kappa shape index (κ1) is 22.7. The van der Waals surface area contributed by atoms with Crippen molar-refractivity contribution in [1.29, 1.82) is 0 Å². The Morgan fingerprint density at radius 3 is 2.65 bits per heavy atom. The summed E-state index contributed by atoms with van der Waals surface area (Å²) in [6.07, 6.45) is -4.25. The van der Waals surface area contributed by atoms with Gasteiger partial charge >= 0.3 is 6.18 Å². The van der Waals surface area contributed by atoms with Crippen molar-refractivity contribution < 1.29 is 18.0 Å². The van der Waals surface area contributed by atoms with Crippen molar-refractivity contribution in [3.63, 3.8) is 0 Å². The third-order valence-corrected chi connectivity index (χ3v) is 4.72. The van der Waals surface area contributed by atoms with Gasteiger partial charge in [-0.1, -0.05) is 12.1 Å². The molecule has 2 N–H and O–H groups in total. The number of halogens is 5. The molecule has 1 amide bonds. The predicted octanol–water partition coefficient (Wildman–Crippen LogP) is 3.55. The topological polar surface area (TPSA) is 54.0 Å². The summed E-state index contributed by atoms with van der Waals surface area (Å²) >= 11 is 1.24. The molecule has 0 unspecified atom stereocenters. The first-order chi connectivity index (χ1) is 11.4. The molecule has 26 heavy (non-hydrogen) atoms. The first-order valence-corrected chi connectivity index (χ1v) is 8.39. The molecule has 0 spiro atoms. The first-order valence-electron chi connectivity index (χ1n) is 7.51. The van der Waals surface area contributed by atoms with Crippen LogP contribution in [-0.2, 0) is 17.4 Å². The van der Waals surface area contributed by atoms with Crippen molar-refractivity contribution in [2.24, 2.45) is 5.92 Å². The Morgan fingerprint density at radius 1 is 1.31 bits per heavy atom. The lowest BCUT2D eigenvalue weighted by Crippen LogP contribution is -2.48. The molecule has 0 atom stereocenters. The lowest BCUT2D eigenvalue weighted by Gasteiger charge is -2.26. The summed E-state index contributed by atoms with van der Waals surface area (Å²) in [6, 6.07) is 5.05. The van der Waals surface area contributed by atoms with E-state index in [0.29, 0.717) is 28.7 Å². The Hall–Kier alpha value is -1.35. The highest BCUT2D eigenvalue weighted by Crippen LogP contribution is 2.33. The van der Waals surface area contributed by atoms with E-state index in [1.165, 1.54) is 17.4 Å². The zero-order valence-corrected chi connectivity index (χ0v) is 16.0. The lowest BCUT2D eigenvalue weighted by molar-refractivity contribution is -0.137. The van der Waals surface area contributed by atoms with Gasteiger partial charge in [0.25, 0.3) is 0 Å². The van der Waals surface area contributed by atoms with E-state index >= 15 is 0 Å². The van der Waals surface area contributed by atoms with Gasteiger partial charge in [0.2, 0.25) is 5.91 Å². The summed E-state index contributed by atoms with van der Waals surface area (Å²) in [5.74, 6) is 0.354. The monoisotopic (exact) mass is 427 g/mol. The number of nitrogens with one attached hydrogen (secondary N) is 2. The SMILES string of the molecule is Cl.Cl.O=C(Cc1csc(-c2cccc(C(F)(F)F)c2)n1)NCC1CNC1. The van der Waals surface area contributed by atoms with Gasteiger partial charge in [-0.3, -0.25) is 4.79 Å². The van der Waals surface area contributed by atoms with Crippen LogP contribution in [0, 0.1) is 5.92 Å². The summed E-state index contributed by atoms with van der Waals surface area (Å²) < 4.78 is 38.3. The van der Waals surface area contributed by atoms with E-state index in [2.05, 4.69) is 15.6 Å². The molecule has 1 fully saturated rings. The van der Waals surface area contributed by atoms with Crippen LogP contribution in [0.15, 0.2) is 29.6 Å². The lowest BCUT2D eigenvalue weighted by atomic mass is 10.0.